The molecule has 0 saturated heterocycles. The van der Waals surface area contributed by atoms with Gasteiger partial charge in [0.05, 0.1) is 11.4 Å². The van der Waals surface area contributed by atoms with E-state index >= 15 is 0 Å². The SMILES string of the molecule is C=C1c2ccc(-c3ccc(-c4ccccn4)cc3)cc2-c2ccccc2N1c1ccccc1C. The van der Waals surface area contributed by atoms with Crippen molar-refractivity contribution in [2.45, 2.75) is 6.92 Å². The monoisotopic (exact) mass is 436 g/mol. The number of benzene rings is 4. The first-order chi connectivity index (χ1) is 16.7. The van der Waals surface area contributed by atoms with Crippen LogP contribution in [0.5, 0.6) is 0 Å². The van der Waals surface area contributed by atoms with Gasteiger partial charge in [-0.15, -0.1) is 0 Å². The van der Waals surface area contributed by atoms with Crippen LogP contribution in [0, 0.1) is 6.92 Å². The van der Waals surface area contributed by atoms with Crippen LogP contribution in [-0.2, 0) is 0 Å². The van der Waals surface area contributed by atoms with Gasteiger partial charge in [-0.05, 0) is 59.5 Å². The molecule has 2 heterocycles. The summed E-state index contributed by atoms with van der Waals surface area (Å²) in [6.45, 7) is 6.67. The summed E-state index contributed by atoms with van der Waals surface area (Å²) < 4.78 is 0. The van der Waals surface area contributed by atoms with Crippen molar-refractivity contribution in [3.63, 3.8) is 0 Å². The van der Waals surface area contributed by atoms with Crippen molar-refractivity contribution >= 4 is 17.1 Å². The van der Waals surface area contributed by atoms with Crippen LogP contribution in [0.4, 0.5) is 11.4 Å². The number of hydrogen-bond acceptors (Lipinski definition) is 2. The number of para-hydroxylation sites is 2. The zero-order chi connectivity index (χ0) is 23.1. The predicted molar refractivity (Wildman–Crippen MR) is 143 cm³/mol. The minimum absolute atomic E-state index is 0.987. The van der Waals surface area contributed by atoms with Crippen molar-refractivity contribution in [3.05, 3.63) is 133 Å². The van der Waals surface area contributed by atoms with Crippen molar-refractivity contribution in [1.29, 1.82) is 0 Å². The third kappa shape index (κ3) is 3.32. The van der Waals surface area contributed by atoms with Crippen LogP contribution >= 0.6 is 0 Å². The maximum Gasteiger partial charge on any atom is 0.0701 e. The van der Waals surface area contributed by atoms with Gasteiger partial charge < -0.3 is 4.90 Å². The van der Waals surface area contributed by atoms with E-state index in [4.69, 9.17) is 0 Å². The first kappa shape index (κ1) is 20.2. The average Bonchev–Trinajstić information content (AvgIpc) is 2.90. The Labute approximate surface area is 200 Å². The van der Waals surface area contributed by atoms with Crippen LogP contribution in [0.1, 0.15) is 11.1 Å². The number of pyridine rings is 1. The second kappa shape index (κ2) is 8.17. The van der Waals surface area contributed by atoms with E-state index in [1.165, 1.54) is 33.5 Å². The maximum atomic E-state index is 4.52. The molecule has 1 aliphatic rings. The Morgan fingerprint density at radius 3 is 2.03 bits per heavy atom. The number of rotatable bonds is 3. The van der Waals surface area contributed by atoms with E-state index in [0.717, 1.165) is 28.2 Å². The van der Waals surface area contributed by atoms with Crippen molar-refractivity contribution in [3.8, 4) is 33.5 Å². The van der Waals surface area contributed by atoms with Crippen molar-refractivity contribution in [2.75, 3.05) is 4.90 Å². The quantitative estimate of drug-likeness (QED) is 0.282. The molecular weight excluding hydrogens is 412 g/mol. The minimum Gasteiger partial charge on any atom is -0.310 e. The van der Waals surface area contributed by atoms with Crippen LogP contribution in [0.25, 0.3) is 39.2 Å². The highest BCUT2D eigenvalue weighted by Crippen LogP contribution is 2.48. The summed E-state index contributed by atoms with van der Waals surface area (Å²) >= 11 is 0. The van der Waals surface area contributed by atoms with Gasteiger partial charge in [0.25, 0.3) is 0 Å². The highest BCUT2D eigenvalue weighted by Gasteiger charge is 2.27. The Kier molecular flexibility index (Phi) is 4.85. The van der Waals surface area contributed by atoms with Crippen LogP contribution < -0.4 is 4.90 Å². The summed E-state index contributed by atoms with van der Waals surface area (Å²) in [5.74, 6) is 0. The molecule has 162 valence electrons. The van der Waals surface area contributed by atoms with Crippen molar-refractivity contribution in [2.24, 2.45) is 0 Å². The van der Waals surface area contributed by atoms with Gasteiger partial charge in [-0.2, -0.15) is 0 Å². The highest BCUT2D eigenvalue weighted by atomic mass is 15.2. The first-order valence-corrected chi connectivity index (χ1v) is 11.5. The molecule has 0 saturated carbocycles. The topological polar surface area (TPSA) is 16.1 Å². The standard InChI is InChI=1S/C32H24N2/c1-22-9-3-5-12-31(22)34-23(2)27-19-18-26(21-29(27)28-10-4-6-13-32(28)34)24-14-16-25(17-15-24)30-11-7-8-20-33-30/h3-21H,2H2,1H3. The molecule has 0 amide bonds. The van der Waals surface area contributed by atoms with Gasteiger partial charge in [-0.3, -0.25) is 4.98 Å². The molecule has 1 aliphatic heterocycles. The second-order valence-corrected chi connectivity index (χ2v) is 8.64. The molecule has 1 aromatic heterocycles. The molecule has 4 aromatic carbocycles. The summed E-state index contributed by atoms with van der Waals surface area (Å²) in [5.41, 5.74) is 12.7. The van der Waals surface area contributed by atoms with E-state index in [0.29, 0.717) is 0 Å². The summed E-state index contributed by atoms with van der Waals surface area (Å²) in [4.78, 5) is 6.75. The molecular formula is C32H24N2. The second-order valence-electron chi connectivity index (χ2n) is 8.64. The largest absolute Gasteiger partial charge is 0.310 e. The fourth-order valence-corrected chi connectivity index (χ4v) is 4.82. The van der Waals surface area contributed by atoms with Gasteiger partial charge in [0.15, 0.2) is 0 Å². The highest BCUT2D eigenvalue weighted by molar-refractivity contribution is 6.03. The van der Waals surface area contributed by atoms with Gasteiger partial charge in [-0.25, -0.2) is 0 Å². The molecule has 0 radical (unpaired) electrons. The van der Waals surface area contributed by atoms with E-state index in [2.05, 4.69) is 114 Å². The molecule has 0 spiro atoms. The fraction of sp³-hybridized carbons (Fsp3) is 0.0312. The molecule has 0 N–H and O–H groups in total. The van der Waals surface area contributed by atoms with Crippen LogP contribution in [0.3, 0.4) is 0 Å². The van der Waals surface area contributed by atoms with Gasteiger partial charge in [-0.1, -0.05) is 85.4 Å². The zero-order valence-electron chi connectivity index (χ0n) is 19.1. The van der Waals surface area contributed by atoms with Crippen LogP contribution in [0.15, 0.2) is 122 Å². The lowest BCUT2D eigenvalue weighted by atomic mass is 9.88. The number of aryl methyl sites for hydroxylation is 1. The molecule has 2 nitrogen and oxygen atoms in total. The fourth-order valence-electron chi connectivity index (χ4n) is 4.82. The molecule has 0 unspecified atom stereocenters. The third-order valence-corrected chi connectivity index (χ3v) is 6.57. The molecule has 6 rings (SSSR count). The average molecular weight is 437 g/mol. The minimum atomic E-state index is 0.987. The molecule has 0 aliphatic carbocycles. The molecule has 34 heavy (non-hydrogen) atoms. The summed E-state index contributed by atoms with van der Waals surface area (Å²) in [6.07, 6.45) is 1.83. The van der Waals surface area contributed by atoms with Crippen LogP contribution in [0.2, 0.25) is 0 Å². The predicted octanol–water partition coefficient (Wildman–Crippen LogP) is 8.51. The molecule has 0 bridgehead atoms. The number of fused-ring (bicyclic) bond motifs is 3. The van der Waals surface area contributed by atoms with Gasteiger partial charge >= 0.3 is 0 Å². The van der Waals surface area contributed by atoms with Crippen molar-refractivity contribution < 1.29 is 0 Å². The Balaban J connectivity index is 1.44. The van der Waals surface area contributed by atoms with Crippen LogP contribution in [-0.4, -0.2) is 4.98 Å². The van der Waals surface area contributed by atoms with E-state index in [9.17, 15) is 0 Å². The Morgan fingerprint density at radius 1 is 0.588 bits per heavy atom. The van der Waals surface area contributed by atoms with Gasteiger partial charge in [0, 0.05) is 34.3 Å². The first-order valence-electron chi connectivity index (χ1n) is 11.5. The lowest BCUT2D eigenvalue weighted by molar-refractivity contribution is 1.24. The molecule has 2 heteroatoms. The lowest BCUT2D eigenvalue weighted by Crippen LogP contribution is -2.20. The van der Waals surface area contributed by atoms with E-state index < -0.39 is 0 Å². The molecule has 5 aromatic rings. The number of hydrogen-bond donors (Lipinski definition) is 0. The summed E-state index contributed by atoms with van der Waals surface area (Å²) in [6, 6.07) is 38.4. The van der Waals surface area contributed by atoms with E-state index in [1.54, 1.807) is 0 Å². The number of aromatic nitrogens is 1. The Bertz CT molecular complexity index is 1520. The Morgan fingerprint density at radius 2 is 1.26 bits per heavy atom. The zero-order valence-corrected chi connectivity index (χ0v) is 19.1. The summed E-state index contributed by atoms with van der Waals surface area (Å²) in [5, 5.41) is 0. The summed E-state index contributed by atoms with van der Waals surface area (Å²) in [7, 11) is 0. The van der Waals surface area contributed by atoms with Gasteiger partial charge in [0.1, 0.15) is 0 Å². The lowest BCUT2D eigenvalue weighted by Gasteiger charge is -2.35. The molecule has 0 fully saturated rings. The maximum absolute atomic E-state index is 4.52. The number of nitrogens with zero attached hydrogens (tertiary/aromatic N) is 2. The van der Waals surface area contributed by atoms with Crippen molar-refractivity contribution in [1.82, 2.24) is 4.98 Å². The number of anilines is 2. The Hall–Kier alpha value is -4.43. The van der Waals surface area contributed by atoms with Gasteiger partial charge in [0.2, 0.25) is 0 Å². The normalized spacial score (nSPS) is 12.3. The molecule has 0 atom stereocenters. The third-order valence-electron chi connectivity index (χ3n) is 6.57. The van der Waals surface area contributed by atoms with E-state index in [1.807, 2.05) is 24.4 Å². The smallest absolute Gasteiger partial charge is 0.0701 e. The van der Waals surface area contributed by atoms with E-state index in [-0.39, 0.29) is 0 Å².